The van der Waals surface area contributed by atoms with Gasteiger partial charge in [-0.3, -0.25) is 9.59 Å². The predicted molar refractivity (Wildman–Crippen MR) is 146 cm³/mol. The lowest BCUT2D eigenvalue weighted by atomic mass is 10.0. The maximum atomic E-state index is 13.6. The molecule has 0 radical (unpaired) electrons. The molecule has 0 spiro atoms. The number of carbonyl (C=O) groups is 2. The third-order valence-electron chi connectivity index (χ3n) is 5.98. The fourth-order valence-corrected chi connectivity index (χ4v) is 4.23. The van der Waals surface area contributed by atoms with E-state index in [1.807, 2.05) is 69.3 Å². The first-order chi connectivity index (χ1) is 17.3. The summed E-state index contributed by atoms with van der Waals surface area (Å²) in [6.07, 6.45) is 1.13. The van der Waals surface area contributed by atoms with Gasteiger partial charge in [0.25, 0.3) is 5.91 Å². The maximum absolute atomic E-state index is 13.6. The van der Waals surface area contributed by atoms with Crippen LogP contribution in [0.1, 0.15) is 37.0 Å². The monoisotopic (exact) mass is 526 g/mol. The molecule has 0 aliphatic carbocycles. The lowest BCUT2D eigenvalue weighted by molar-refractivity contribution is -0.143. The summed E-state index contributed by atoms with van der Waals surface area (Å²) in [4.78, 5) is 28.7. The Morgan fingerprint density at radius 2 is 1.75 bits per heavy atom. The van der Waals surface area contributed by atoms with Gasteiger partial charge in [-0.1, -0.05) is 78.7 Å². The molecule has 0 heterocycles. The SMILES string of the molecule is CC[C@@H](C)NC(=O)[C@@H](Cc1ccccc1)N(Cc1ccc(Cl)cc1Cl)C(=O)COc1cccc(C)c1. The molecule has 0 saturated carbocycles. The highest BCUT2D eigenvalue weighted by Crippen LogP contribution is 2.24. The van der Waals surface area contributed by atoms with Crippen molar-refractivity contribution < 1.29 is 14.3 Å². The average molecular weight is 527 g/mol. The predicted octanol–water partition coefficient (Wildman–Crippen LogP) is 6.24. The van der Waals surface area contributed by atoms with Crippen molar-refractivity contribution in [1.82, 2.24) is 10.2 Å². The maximum Gasteiger partial charge on any atom is 0.261 e. The Morgan fingerprint density at radius 3 is 2.42 bits per heavy atom. The Hall–Kier alpha value is -3.02. The Labute approximate surface area is 223 Å². The number of benzene rings is 3. The summed E-state index contributed by atoms with van der Waals surface area (Å²) in [7, 11) is 0. The second-order valence-electron chi connectivity index (χ2n) is 8.89. The van der Waals surface area contributed by atoms with Crippen LogP contribution in [0.15, 0.2) is 72.8 Å². The van der Waals surface area contributed by atoms with Gasteiger partial charge in [-0.2, -0.15) is 0 Å². The van der Waals surface area contributed by atoms with Crippen LogP contribution in [-0.4, -0.2) is 35.4 Å². The van der Waals surface area contributed by atoms with Crippen LogP contribution >= 0.6 is 23.2 Å². The van der Waals surface area contributed by atoms with Crippen molar-refractivity contribution in [3.8, 4) is 5.75 Å². The van der Waals surface area contributed by atoms with Gasteiger partial charge < -0.3 is 15.0 Å². The van der Waals surface area contributed by atoms with E-state index in [0.717, 1.165) is 17.5 Å². The van der Waals surface area contributed by atoms with E-state index in [-0.39, 0.29) is 31.0 Å². The van der Waals surface area contributed by atoms with Gasteiger partial charge in [-0.05, 0) is 61.2 Å². The van der Waals surface area contributed by atoms with Crippen LogP contribution in [0.25, 0.3) is 0 Å². The number of nitrogens with one attached hydrogen (secondary N) is 1. The van der Waals surface area contributed by atoms with E-state index in [9.17, 15) is 9.59 Å². The minimum absolute atomic E-state index is 0.0320. The van der Waals surface area contributed by atoms with Crippen LogP contribution < -0.4 is 10.1 Å². The van der Waals surface area contributed by atoms with Crippen LogP contribution in [0, 0.1) is 6.92 Å². The largest absolute Gasteiger partial charge is 0.484 e. The summed E-state index contributed by atoms with van der Waals surface area (Å²) in [6, 6.07) is 21.5. The quantitative estimate of drug-likeness (QED) is 0.322. The molecule has 0 fully saturated rings. The second-order valence-corrected chi connectivity index (χ2v) is 9.73. The van der Waals surface area contributed by atoms with Gasteiger partial charge in [-0.15, -0.1) is 0 Å². The summed E-state index contributed by atoms with van der Waals surface area (Å²) in [5, 5.41) is 3.98. The molecule has 2 atom stereocenters. The molecule has 190 valence electrons. The van der Waals surface area contributed by atoms with Crippen molar-refractivity contribution in [3.63, 3.8) is 0 Å². The molecule has 0 unspecified atom stereocenters. The van der Waals surface area contributed by atoms with Crippen LogP contribution in [0.5, 0.6) is 5.75 Å². The van der Waals surface area contributed by atoms with Crippen molar-refractivity contribution in [2.45, 2.75) is 52.2 Å². The summed E-state index contributed by atoms with van der Waals surface area (Å²) >= 11 is 12.6. The summed E-state index contributed by atoms with van der Waals surface area (Å²) in [6.45, 7) is 5.83. The molecule has 7 heteroatoms. The molecule has 36 heavy (non-hydrogen) atoms. The van der Waals surface area contributed by atoms with Gasteiger partial charge in [0, 0.05) is 29.1 Å². The first kappa shape index (κ1) is 27.6. The number of halogens is 2. The van der Waals surface area contributed by atoms with Crippen molar-refractivity contribution in [3.05, 3.63) is 99.5 Å². The highest BCUT2D eigenvalue weighted by molar-refractivity contribution is 6.35. The van der Waals surface area contributed by atoms with Gasteiger partial charge >= 0.3 is 0 Å². The molecule has 3 rings (SSSR count). The number of aryl methyl sites for hydroxylation is 1. The molecule has 3 aromatic carbocycles. The fraction of sp³-hybridized carbons (Fsp3) is 0.310. The van der Waals surface area contributed by atoms with Crippen LogP contribution in [0.3, 0.4) is 0 Å². The first-order valence-electron chi connectivity index (χ1n) is 12.0. The number of carbonyl (C=O) groups excluding carboxylic acids is 2. The van der Waals surface area contributed by atoms with Gasteiger partial charge in [0.05, 0.1) is 0 Å². The smallest absolute Gasteiger partial charge is 0.261 e. The number of nitrogens with zero attached hydrogens (tertiary/aromatic N) is 1. The lowest BCUT2D eigenvalue weighted by Gasteiger charge is -2.32. The molecule has 1 N–H and O–H groups in total. The normalized spacial score (nSPS) is 12.5. The first-order valence-corrected chi connectivity index (χ1v) is 12.8. The highest BCUT2D eigenvalue weighted by atomic mass is 35.5. The van der Waals surface area contributed by atoms with Crippen LogP contribution in [0.2, 0.25) is 10.0 Å². The van der Waals surface area contributed by atoms with Gasteiger partial charge in [0.15, 0.2) is 6.61 Å². The molecule has 0 aromatic heterocycles. The molecular weight excluding hydrogens is 495 g/mol. The summed E-state index contributed by atoms with van der Waals surface area (Å²) in [5.41, 5.74) is 2.67. The van der Waals surface area contributed by atoms with Gasteiger partial charge in [0.2, 0.25) is 5.91 Å². The Morgan fingerprint density at radius 1 is 1.00 bits per heavy atom. The van der Waals surface area contributed by atoms with E-state index in [2.05, 4.69) is 5.32 Å². The van der Waals surface area contributed by atoms with Crippen LogP contribution in [-0.2, 0) is 22.6 Å². The molecule has 0 aliphatic rings. The van der Waals surface area contributed by atoms with E-state index in [1.165, 1.54) is 0 Å². The van der Waals surface area contributed by atoms with Gasteiger partial charge in [0.1, 0.15) is 11.8 Å². The van der Waals surface area contributed by atoms with Crippen molar-refractivity contribution in [2.24, 2.45) is 0 Å². The zero-order valence-electron chi connectivity index (χ0n) is 20.8. The topological polar surface area (TPSA) is 58.6 Å². The second kappa shape index (κ2) is 13.3. The number of ether oxygens (including phenoxy) is 1. The minimum Gasteiger partial charge on any atom is -0.484 e. The van der Waals surface area contributed by atoms with E-state index in [0.29, 0.717) is 27.8 Å². The lowest BCUT2D eigenvalue weighted by Crippen LogP contribution is -2.53. The third-order valence-corrected chi connectivity index (χ3v) is 6.57. The molecule has 3 aromatic rings. The Bertz CT molecular complexity index is 1170. The average Bonchev–Trinajstić information content (AvgIpc) is 2.86. The van der Waals surface area contributed by atoms with E-state index in [4.69, 9.17) is 27.9 Å². The fourth-order valence-electron chi connectivity index (χ4n) is 3.76. The Kier molecular flexibility index (Phi) is 10.2. The van der Waals surface area contributed by atoms with E-state index >= 15 is 0 Å². The van der Waals surface area contributed by atoms with Crippen molar-refractivity contribution in [2.75, 3.05) is 6.61 Å². The molecule has 5 nitrogen and oxygen atoms in total. The standard InChI is InChI=1S/C29H32Cl2N2O3/c1-4-21(3)32-29(35)27(16-22-10-6-5-7-11-22)33(18-23-13-14-24(30)17-26(23)31)28(34)19-36-25-12-8-9-20(2)15-25/h5-15,17,21,27H,4,16,18-19H2,1-3H3,(H,32,35)/t21-,27-/m1/s1. The number of hydrogen-bond donors (Lipinski definition) is 1. The summed E-state index contributed by atoms with van der Waals surface area (Å²) < 4.78 is 5.82. The number of rotatable bonds is 11. The zero-order valence-corrected chi connectivity index (χ0v) is 22.4. The molecule has 0 saturated heterocycles. The number of amides is 2. The zero-order chi connectivity index (χ0) is 26.1. The minimum atomic E-state index is -0.762. The molecular formula is C29H32Cl2N2O3. The number of hydrogen-bond acceptors (Lipinski definition) is 3. The van der Waals surface area contributed by atoms with Crippen molar-refractivity contribution >= 4 is 35.0 Å². The van der Waals surface area contributed by atoms with E-state index in [1.54, 1.807) is 29.2 Å². The van der Waals surface area contributed by atoms with Crippen LogP contribution in [0.4, 0.5) is 0 Å². The molecule has 0 aliphatic heterocycles. The third kappa shape index (κ3) is 8.00. The van der Waals surface area contributed by atoms with Crippen molar-refractivity contribution in [1.29, 1.82) is 0 Å². The molecule has 0 bridgehead atoms. The molecule has 2 amide bonds. The summed E-state index contributed by atoms with van der Waals surface area (Å²) in [5.74, 6) is 0.0569. The highest BCUT2D eigenvalue weighted by Gasteiger charge is 2.31. The Balaban J connectivity index is 1.94. The van der Waals surface area contributed by atoms with Gasteiger partial charge in [-0.25, -0.2) is 0 Å². The van der Waals surface area contributed by atoms with E-state index < -0.39 is 6.04 Å².